The molecule has 0 unspecified atom stereocenters. The molecular weight excluding hydrogens is 863 g/mol. The van der Waals surface area contributed by atoms with E-state index >= 15 is 0 Å². The molecule has 0 atom stereocenters. The number of pyridine rings is 3. The second kappa shape index (κ2) is 16.3. The summed E-state index contributed by atoms with van der Waals surface area (Å²) in [7, 11) is 0. The van der Waals surface area contributed by atoms with Gasteiger partial charge in [-0.3, -0.25) is 0 Å². The summed E-state index contributed by atoms with van der Waals surface area (Å²) in [5.41, 5.74) is 16.6. The summed E-state index contributed by atoms with van der Waals surface area (Å²) in [4.78, 5) is 14.3. The number of fused-ring (bicyclic) bond motifs is 5. The van der Waals surface area contributed by atoms with Gasteiger partial charge < -0.3 is 14.4 Å². The van der Waals surface area contributed by atoms with Crippen molar-refractivity contribution in [1.82, 2.24) is 15.0 Å². The fourth-order valence-electron chi connectivity index (χ4n) is 7.13. The third-order valence-electron chi connectivity index (χ3n) is 10.1. The third kappa shape index (κ3) is 9.02. The smallest absolute Gasteiger partial charge is 0.147 e. The van der Waals surface area contributed by atoms with Gasteiger partial charge in [-0.05, 0) is 78.6 Å². The zero-order valence-electron chi connectivity index (χ0n) is 34.3. The summed E-state index contributed by atoms with van der Waals surface area (Å²) in [5, 5.41) is 3.25. The summed E-state index contributed by atoms with van der Waals surface area (Å²) < 4.78 is 6.57. The number of rotatable bonds is 5. The van der Waals surface area contributed by atoms with Crippen molar-refractivity contribution < 1.29 is 24.5 Å². The van der Waals surface area contributed by atoms with Gasteiger partial charge in [0.2, 0.25) is 0 Å². The first kappa shape index (κ1) is 40.7. The number of furan rings is 1. The predicted octanol–water partition coefficient (Wildman–Crippen LogP) is 13.6. The number of aryl methyl sites for hydroxylation is 4. The molecule has 0 saturated carbocycles. The molecule has 4 aromatic heterocycles. The van der Waals surface area contributed by atoms with Gasteiger partial charge in [0, 0.05) is 49.0 Å². The second-order valence-corrected chi connectivity index (χ2v) is 17.4. The Hall–Kier alpha value is -4.96. The van der Waals surface area contributed by atoms with E-state index in [2.05, 4.69) is 165 Å². The van der Waals surface area contributed by atoms with Gasteiger partial charge in [0.1, 0.15) is 11.1 Å². The molecule has 8 aromatic rings. The molecule has 0 bridgehead atoms. The number of nitrogens with zero attached hydrogens (tertiary/aromatic N) is 3. The van der Waals surface area contributed by atoms with Crippen molar-refractivity contribution in [1.29, 1.82) is 0 Å². The Morgan fingerprint density at radius 3 is 2.02 bits per heavy atom. The van der Waals surface area contributed by atoms with Crippen LogP contribution in [0.5, 0.6) is 0 Å². The molecule has 4 heterocycles. The van der Waals surface area contributed by atoms with Gasteiger partial charge in [-0.1, -0.05) is 137 Å². The molecule has 0 aliphatic heterocycles. The Kier molecular flexibility index (Phi) is 11.8. The van der Waals surface area contributed by atoms with Crippen LogP contribution in [0.3, 0.4) is 0 Å². The molecule has 4 nitrogen and oxygen atoms in total. The molecule has 56 heavy (non-hydrogen) atoms. The van der Waals surface area contributed by atoms with E-state index in [9.17, 15) is 0 Å². The van der Waals surface area contributed by atoms with Gasteiger partial charge in [0.05, 0.1) is 5.58 Å². The van der Waals surface area contributed by atoms with Gasteiger partial charge >= 0.3 is 0 Å². The van der Waals surface area contributed by atoms with E-state index in [1.54, 1.807) is 0 Å². The molecule has 0 fully saturated rings. The molecule has 4 aromatic carbocycles. The number of hydrogen-bond acceptors (Lipinski definition) is 4. The van der Waals surface area contributed by atoms with E-state index in [-0.39, 0.29) is 30.9 Å². The van der Waals surface area contributed by atoms with Crippen LogP contribution >= 0.6 is 0 Å². The Morgan fingerprint density at radius 1 is 0.625 bits per heavy atom. The number of aromatic nitrogens is 3. The molecule has 0 N–H and O–H groups in total. The fraction of sp³-hybridized carbons (Fsp3) is 0.275. The maximum absolute atomic E-state index is 6.57. The largest absolute Gasteiger partial charge is 0.498 e. The number of hydrogen-bond donors (Lipinski definition) is 0. The van der Waals surface area contributed by atoms with Crippen molar-refractivity contribution in [2.75, 3.05) is 0 Å². The van der Waals surface area contributed by atoms with Crippen LogP contribution in [-0.2, 0) is 32.9 Å². The van der Waals surface area contributed by atoms with Crippen LogP contribution < -0.4 is 0 Å². The monoisotopic (exact) mass is 914 g/mol. The van der Waals surface area contributed by atoms with Crippen molar-refractivity contribution in [3.8, 4) is 33.6 Å². The SMILES string of the molecule is Cc1cnc(-c2[c-]cc(C)c(-c3ccccc3)c2)cc1C.Cc1cnc(-c2[c-]ccc3c2oc2c3ccc3ccc(CC(C)(C)C)nc32)cc1CC(C)(C)C.[Ir]. The quantitative estimate of drug-likeness (QED) is 0.161. The van der Waals surface area contributed by atoms with Gasteiger partial charge in [-0.15, -0.1) is 47.5 Å². The topological polar surface area (TPSA) is 51.8 Å². The van der Waals surface area contributed by atoms with E-state index in [1.807, 2.05) is 24.5 Å². The van der Waals surface area contributed by atoms with Crippen molar-refractivity contribution in [3.05, 3.63) is 149 Å². The molecule has 1 radical (unpaired) electrons. The maximum Gasteiger partial charge on any atom is 0.147 e. The third-order valence-corrected chi connectivity index (χ3v) is 10.1. The Labute approximate surface area is 346 Å². The second-order valence-electron chi connectivity index (χ2n) is 17.4. The van der Waals surface area contributed by atoms with Crippen LogP contribution in [0.1, 0.15) is 75.1 Å². The van der Waals surface area contributed by atoms with Gasteiger partial charge in [-0.2, -0.15) is 0 Å². The molecule has 287 valence electrons. The predicted molar refractivity (Wildman–Crippen MR) is 230 cm³/mol. The standard InChI is InChI=1S/C31H33N2O.C20H18N.Ir/c1-19-18-32-26(15-21(19)16-30(2,3)4)25-10-8-9-23-24-14-12-20-11-13-22(17-31(5,6)7)33-27(20)29(24)34-28(23)25;1-14-9-10-18(20-11-15(2)16(3)13-21-20)12-19(14)17-7-5-4-6-8-17;/h8-9,11-15,18H,16-17H2,1-7H3;4-9,11-13H,1-3H3;/q2*-1;. The first-order valence-electron chi connectivity index (χ1n) is 19.3. The first-order chi connectivity index (χ1) is 26.1. The van der Waals surface area contributed by atoms with E-state index in [1.165, 1.54) is 38.9 Å². The average molecular weight is 914 g/mol. The normalized spacial score (nSPS) is 11.8. The summed E-state index contributed by atoms with van der Waals surface area (Å²) in [6.07, 6.45) is 5.82. The Morgan fingerprint density at radius 2 is 1.30 bits per heavy atom. The van der Waals surface area contributed by atoms with E-state index in [0.29, 0.717) is 0 Å². The van der Waals surface area contributed by atoms with Crippen LogP contribution in [0, 0.1) is 50.7 Å². The van der Waals surface area contributed by atoms with Crippen LogP contribution in [0.2, 0.25) is 0 Å². The summed E-state index contributed by atoms with van der Waals surface area (Å²) >= 11 is 0. The minimum Gasteiger partial charge on any atom is -0.498 e. The minimum absolute atomic E-state index is 0. The fourth-order valence-corrected chi connectivity index (χ4v) is 7.13. The zero-order chi connectivity index (χ0) is 39.1. The maximum atomic E-state index is 6.57. The van der Waals surface area contributed by atoms with Crippen LogP contribution in [-0.4, -0.2) is 15.0 Å². The van der Waals surface area contributed by atoms with Crippen molar-refractivity contribution >= 4 is 32.8 Å². The van der Waals surface area contributed by atoms with E-state index < -0.39 is 0 Å². The molecular formula is C51H51IrN3O-2. The van der Waals surface area contributed by atoms with Crippen LogP contribution in [0.15, 0.2) is 108 Å². The van der Waals surface area contributed by atoms with Crippen LogP contribution in [0.4, 0.5) is 0 Å². The molecule has 5 heteroatoms. The minimum atomic E-state index is 0. The molecule has 8 rings (SSSR count). The van der Waals surface area contributed by atoms with E-state index in [0.717, 1.165) is 73.9 Å². The van der Waals surface area contributed by atoms with Gasteiger partial charge in [-0.25, -0.2) is 4.98 Å². The molecule has 0 saturated heterocycles. The average Bonchev–Trinajstić information content (AvgIpc) is 3.53. The first-order valence-corrected chi connectivity index (χ1v) is 19.3. The van der Waals surface area contributed by atoms with Gasteiger partial charge in [0.25, 0.3) is 0 Å². The molecule has 0 aliphatic rings. The van der Waals surface area contributed by atoms with Gasteiger partial charge in [0.15, 0.2) is 0 Å². The van der Waals surface area contributed by atoms with Crippen molar-refractivity contribution in [3.63, 3.8) is 0 Å². The Bertz CT molecular complexity index is 2660. The molecule has 0 amide bonds. The van der Waals surface area contributed by atoms with Crippen molar-refractivity contribution in [2.45, 2.75) is 82.1 Å². The Balaban J connectivity index is 0.000000208. The van der Waals surface area contributed by atoms with E-state index in [4.69, 9.17) is 14.4 Å². The number of benzene rings is 4. The zero-order valence-corrected chi connectivity index (χ0v) is 36.7. The summed E-state index contributed by atoms with van der Waals surface area (Å²) in [5.74, 6) is 0. The summed E-state index contributed by atoms with van der Waals surface area (Å²) in [6.45, 7) is 22.0. The van der Waals surface area contributed by atoms with Crippen molar-refractivity contribution in [2.24, 2.45) is 10.8 Å². The molecule has 0 spiro atoms. The summed E-state index contributed by atoms with van der Waals surface area (Å²) in [6, 6.07) is 38.4. The molecule has 0 aliphatic carbocycles. The van der Waals surface area contributed by atoms with Crippen LogP contribution in [0.25, 0.3) is 66.5 Å².